The first kappa shape index (κ1) is 13.8. The van der Waals surface area contributed by atoms with Crippen LogP contribution in [0.15, 0.2) is 70.7 Å². The van der Waals surface area contributed by atoms with E-state index in [1.54, 1.807) is 0 Å². The lowest BCUT2D eigenvalue weighted by Gasteiger charge is -2.22. The zero-order valence-electron chi connectivity index (χ0n) is 12.1. The Bertz CT molecular complexity index is 797. The van der Waals surface area contributed by atoms with Gasteiger partial charge < -0.3 is 10.2 Å². The van der Waals surface area contributed by atoms with Crippen molar-refractivity contribution in [2.24, 2.45) is 0 Å². The highest BCUT2D eigenvalue weighted by Crippen LogP contribution is 2.44. The third-order valence-corrected chi connectivity index (χ3v) is 5.47. The molecule has 2 nitrogen and oxygen atoms in total. The molecular weight excluding hydrogens is 312 g/mol. The van der Waals surface area contributed by atoms with Crippen LogP contribution in [0.4, 0.5) is 11.4 Å². The second-order valence-corrected chi connectivity index (χ2v) is 6.94. The first-order chi connectivity index (χ1) is 10.7. The van der Waals surface area contributed by atoms with Gasteiger partial charge in [-0.05, 0) is 35.9 Å². The molecule has 1 atom stereocenters. The number of thioether (sulfide) groups is 1. The van der Waals surface area contributed by atoms with Crippen LogP contribution in [0, 0.1) is 0 Å². The summed E-state index contributed by atoms with van der Waals surface area (Å²) in [6.45, 7) is 0. The maximum Gasteiger partial charge on any atom is 0.107 e. The number of rotatable bonds is 1. The molecule has 2 aliphatic heterocycles. The summed E-state index contributed by atoms with van der Waals surface area (Å²) < 4.78 is 0. The van der Waals surface area contributed by atoms with Gasteiger partial charge in [-0.25, -0.2) is 0 Å². The van der Waals surface area contributed by atoms with E-state index in [9.17, 15) is 0 Å². The van der Waals surface area contributed by atoms with Gasteiger partial charge in [-0.15, -0.1) is 0 Å². The minimum absolute atomic E-state index is 0.277. The van der Waals surface area contributed by atoms with Crippen LogP contribution in [0.5, 0.6) is 0 Å². The van der Waals surface area contributed by atoms with Crippen LogP contribution in [-0.4, -0.2) is 12.4 Å². The molecule has 1 unspecified atom stereocenters. The number of likely N-dealkylation sites (N-methyl/N-ethyl adjacent to an activating group) is 1. The van der Waals surface area contributed by atoms with E-state index in [-0.39, 0.29) is 5.37 Å². The standard InChI is InChI=1S/C18H15ClN2S/c1-21-15-8-4-5-9-16(15)22-18(21)11-12-10-17(19)20-14-7-3-2-6-13(12)14/h2-11,18,20H,1H3. The Morgan fingerprint density at radius 3 is 2.77 bits per heavy atom. The van der Waals surface area contributed by atoms with Crippen molar-refractivity contribution < 1.29 is 0 Å². The molecule has 4 heteroatoms. The Morgan fingerprint density at radius 1 is 1.14 bits per heavy atom. The minimum Gasteiger partial charge on any atom is -0.358 e. The lowest BCUT2D eigenvalue weighted by atomic mass is 10.0. The highest BCUT2D eigenvalue weighted by molar-refractivity contribution is 8.00. The molecule has 2 heterocycles. The van der Waals surface area contributed by atoms with Crippen LogP contribution in [0.1, 0.15) is 5.56 Å². The summed E-state index contributed by atoms with van der Waals surface area (Å²) in [5, 5.41) is 4.15. The largest absolute Gasteiger partial charge is 0.358 e. The maximum absolute atomic E-state index is 6.24. The number of fused-ring (bicyclic) bond motifs is 2. The first-order valence-electron chi connectivity index (χ1n) is 7.16. The number of benzene rings is 2. The maximum atomic E-state index is 6.24. The summed E-state index contributed by atoms with van der Waals surface area (Å²) in [5.41, 5.74) is 4.70. The molecule has 0 saturated carbocycles. The number of para-hydroxylation sites is 2. The molecule has 22 heavy (non-hydrogen) atoms. The predicted molar refractivity (Wildman–Crippen MR) is 96.5 cm³/mol. The van der Waals surface area contributed by atoms with Crippen molar-refractivity contribution in [3.63, 3.8) is 0 Å². The summed E-state index contributed by atoms with van der Waals surface area (Å²) in [7, 11) is 2.14. The second-order valence-electron chi connectivity index (χ2n) is 5.37. The summed E-state index contributed by atoms with van der Waals surface area (Å²) >= 11 is 8.11. The van der Waals surface area contributed by atoms with Crippen LogP contribution in [0.2, 0.25) is 0 Å². The molecule has 0 fully saturated rings. The molecule has 0 aliphatic carbocycles. The summed E-state index contributed by atoms with van der Waals surface area (Å²) in [5.74, 6) is 0. The SMILES string of the molecule is CN1c2ccccc2SC1C=C1C=C(Cl)Nc2ccccc21. The fourth-order valence-electron chi connectivity index (χ4n) is 2.85. The van der Waals surface area contributed by atoms with E-state index in [0.29, 0.717) is 5.16 Å². The van der Waals surface area contributed by atoms with Crippen molar-refractivity contribution in [1.82, 2.24) is 0 Å². The first-order valence-corrected chi connectivity index (χ1v) is 8.42. The van der Waals surface area contributed by atoms with Gasteiger partial charge in [0.1, 0.15) is 5.16 Å². The van der Waals surface area contributed by atoms with Crippen LogP contribution in [0.3, 0.4) is 0 Å². The van der Waals surface area contributed by atoms with Crippen molar-refractivity contribution in [2.45, 2.75) is 10.3 Å². The van der Waals surface area contributed by atoms with E-state index in [2.05, 4.69) is 65.8 Å². The van der Waals surface area contributed by atoms with Crippen LogP contribution >= 0.6 is 23.4 Å². The number of halogens is 1. The molecule has 0 saturated heterocycles. The molecular formula is C18H15ClN2S. The molecule has 0 spiro atoms. The van der Waals surface area contributed by atoms with Gasteiger partial charge in [-0.1, -0.05) is 53.7 Å². The van der Waals surface area contributed by atoms with E-state index in [1.807, 2.05) is 23.9 Å². The number of nitrogens with one attached hydrogen (secondary N) is 1. The van der Waals surface area contributed by atoms with Gasteiger partial charge in [0.15, 0.2) is 0 Å². The smallest absolute Gasteiger partial charge is 0.107 e. The average molecular weight is 327 g/mol. The van der Waals surface area contributed by atoms with E-state index in [4.69, 9.17) is 11.6 Å². The number of allylic oxidation sites excluding steroid dienone is 2. The van der Waals surface area contributed by atoms with E-state index in [0.717, 1.165) is 11.3 Å². The number of anilines is 2. The summed E-state index contributed by atoms with van der Waals surface area (Å²) in [4.78, 5) is 3.63. The van der Waals surface area contributed by atoms with Crippen LogP contribution in [0.25, 0.3) is 5.57 Å². The molecule has 110 valence electrons. The Morgan fingerprint density at radius 2 is 1.91 bits per heavy atom. The van der Waals surface area contributed by atoms with Crippen molar-refractivity contribution in [2.75, 3.05) is 17.3 Å². The quantitative estimate of drug-likeness (QED) is 0.730. The monoisotopic (exact) mass is 326 g/mol. The van der Waals surface area contributed by atoms with Gasteiger partial charge in [0.05, 0.1) is 11.1 Å². The molecule has 2 aromatic carbocycles. The second kappa shape index (κ2) is 5.41. The normalized spacial score (nSPS) is 21.2. The molecule has 0 radical (unpaired) electrons. The fourth-order valence-corrected chi connectivity index (χ4v) is 4.31. The van der Waals surface area contributed by atoms with Gasteiger partial charge in [0.25, 0.3) is 0 Å². The van der Waals surface area contributed by atoms with Crippen molar-refractivity contribution in [1.29, 1.82) is 0 Å². The minimum atomic E-state index is 0.277. The topological polar surface area (TPSA) is 15.3 Å². The van der Waals surface area contributed by atoms with Gasteiger partial charge in [-0.2, -0.15) is 0 Å². The zero-order chi connectivity index (χ0) is 15.1. The van der Waals surface area contributed by atoms with Gasteiger partial charge in [-0.3, -0.25) is 0 Å². The van der Waals surface area contributed by atoms with E-state index >= 15 is 0 Å². The zero-order valence-corrected chi connectivity index (χ0v) is 13.7. The Kier molecular flexibility index (Phi) is 3.40. The lowest BCUT2D eigenvalue weighted by molar-refractivity contribution is 0.991. The van der Waals surface area contributed by atoms with Crippen molar-refractivity contribution in [3.8, 4) is 0 Å². The predicted octanol–water partition coefficient (Wildman–Crippen LogP) is 5.14. The number of nitrogens with zero attached hydrogens (tertiary/aromatic N) is 1. The average Bonchev–Trinajstić information content (AvgIpc) is 2.84. The molecule has 0 bridgehead atoms. The van der Waals surface area contributed by atoms with Gasteiger partial charge in [0.2, 0.25) is 0 Å². The Labute approximate surface area is 139 Å². The Balaban J connectivity index is 1.73. The molecule has 2 aromatic rings. The van der Waals surface area contributed by atoms with Crippen LogP contribution in [-0.2, 0) is 0 Å². The highest BCUT2D eigenvalue weighted by Gasteiger charge is 2.26. The number of hydrogen-bond acceptors (Lipinski definition) is 3. The van der Waals surface area contributed by atoms with E-state index < -0.39 is 0 Å². The van der Waals surface area contributed by atoms with Crippen LogP contribution < -0.4 is 10.2 Å². The summed E-state index contributed by atoms with van der Waals surface area (Å²) in [6, 6.07) is 16.8. The molecule has 2 aliphatic rings. The van der Waals surface area contributed by atoms with Gasteiger partial charge >= 0.3 is 0 Å². The Hall–Kier alpha value is -1.84. The fraction of sp³-hybridized carbons (Fsp3) is 0.111. The lowest BCUT2D eigenvalue weighted by Crippen LogP contribution is -2.22. The number of hydrogen-bond donors (Lipinski definition) is 1. The van der Waals surface area contributed by atoms with E-state index in [1.165, 1.54) is 16.1 Å². The van der Waals surface area contributed by atoms with Gasteiger partial charge in [0, 0.05) is 23.2 Å². The third-order valence-electron chi connectivity index (χ3n) is 3.97. The highest BCUT2D eigenvalue weighted by atomic mass is 35.5. The third kappa shape index (κ3) is 2.31. The molecule has 0 aromatic heterocycles. The van der Waals surface area contributed by atoms with Crippen molar-refractivity contribution in [3.05, 3.63) is 71.4 Å². The summed E-state index contributed by atoms with van der Waals surface area (Å²) in [6.07, 6.45) is 4.29. The molecule has 0 amide bonds. The molecule has 1 N–H and O–H groups in total. The molecule has 4 rings (SSSR count). The van der Waals surface area contributed by atoms with Crippen molar-refractivity contribution >= 4 is 40.3 Å².